The van der Waals surface area contributed by atoms with Crippen molar-refractivity contribution in [1.82, 2.24) is 0 Å². The fraction of sp³-hybridized carbons (Fsp3) is 0.917. The van der Waals surface area contributed by atoms with E-state index in [1.807, 2.05) is 13.8 Å². The lowest BCUT2D eigenvalue weighted by atomic mass is 9.77. The van der Waals surface area contributed by atoms with Crippen LogP contribution in [0.15, 0.2) is 13.2 Å². The molecular formula is C24H51P. The second kappa shape index (κ2) is 17.6. The lowest BCUT2D eigenvalue weighted by Gasteiger charge is -2.40. The molecule has 0 aromatic heterocycles. The maximum Gasteiger partial charge on any atom is -0.0201 e. The third-order valence-electron chi connectivity index (χ3n) is 5.41. The van der Waals surface area contributed by atoms with E-state index < -0.39 is 0 Å². The third kappa shape index (κ3) is 12.2. The quantitative estimate of drug-likeness (QED) is 0.343. The lowest BCUT2D eigenvalue weighted by molar-refractivity contribution is 0.241. The smallest absolute Gasteiger partial charge is 0.0201 e. The van der Waals surface area contributed by atoms with Crippen LogP contribution < -0.4 is 0 Å². The summed E-state index contributed by atoms with van der Waals surface area (Å²) in [5.41, 5.74) is 2.16. The fourth-order valence-corrected chi connectivity index (χ4v) is 7.13. The van der Waals surface area contributed by atoms with Gasteiger partial charge in [0.25, 0.3) is 0 Å². The van der Waals surface area contributed by atoms with Crippen LogP contribution in [0.2, 0.25) is 0 Å². The van der Waals surface area contributed by atoms with E-state index in [-0.39, 0.29) is 0 Å². The zero-order valence-electron chi connectivity index (χ0n) is 19.0. The molecule has 0 spiro atoms. The van der Waals surface area contributed by atoms with E-state index in [1.54, 1.807) is 6.42 Å². The Morgan fingerprint density at radius 2 is 1.40 bits per heavy atom. The molecule has 0 bridgehead atoms. The Morgan fingerprint density at radius 3 is 1.88 bits per heavy atom. The normalized spacial score (nSPS) is 32.0. The summed E-state index contributed by atoms with van der Waals surface area (Å²) in [6.07, 6.45) is 11.9. The zero-order chi connectivity index (χ0) is 19.8. The Balaban J connectivity index is 0. The first-order valence-corrected chi connectivity index (χ1v) is 12.4. The van der Waals surface area contributed by atoms with Crippen LogP contribution in [0.3, 0.4) is 0 Å². The Hall–Kier alpha value is 0.170. The highest BCUT2D eigenvalue weighted by atomic mass is 31.1. The van der Waals surface area contributed by atoms with E-state index in [0.717, 1.165) is 35.0 Å². The second-order valence-corrected chi connectivity index (χ2v) is 10.2. The maximum atomic E-state index is 3.00. The number of hydrogen-bond donors (Lipinski definition) is 0. The van der Waals surface area contributed by atoms with Gasteiger partial charge in [0, 0.05) is 0 Å². The molecule has 0 heterocycles. The van der Waals surface area contributed by atoms with Crippen LogP contribution in [-0.4, -0.2) is 11.3 Å². The summed E-state index contributed by atoms with van der Waals surface area (Å²) in [4.78, 5) is 0. The molecule has 1 heteroatoms. The molecule has 0 nitrogen and oxygen atoms in total. The van der Waals surface area contributed by atoms with E-state index in [1.165, 1.54) is 53.5 Å². The molecule has 25 heavy (non-hydrogen) atoms. The summed E-state index contributed by atoms with van der Waals surface area (Å²) in [6.45, 7) is 24.1. The summed E-state index contributed by atoms with van der Waals surface area (Å²) >= 11 is 0. The van der Waals surface area contributed by atoms with Gasteiger partial charge in [0.05, 0.1) is 0 Å². The highest BCUT2D eigenvalue weighted by Crippen LogP contribution is 2.48. The van der Waals surface area contributed by atoms with Gasteiger partial charge in [-0.15, -0.1) is 21.7 Å². The molecule has 0 saturated heterocycles. The standard InChI is InChI=1S/C17H33P.C3H8.C2H6.C2H4/c1-12(2)16-9-8-14(4)11-17(16)18-15-7-5-6-13(3)10-15;1-3-2;2*1-2/h12-18H,5-11H2,1-4H3;3H2,1-2H3;1-2H3;1-2H2/t13-,14+,15?,16-,17?;;;/m0.../s1. The predicted octanol–water partition coefficient (Wildman–Crippen LogP) is 8.95. The molecule has 0 radical (unpaired) electrons. The number of hydrogen-bond acceptors (Lipinski definition) is 0. The minimum atomic E-state index is 0.913. The van der Waals surface area contributed by atoms with E-state index >= 15 is 0 Å². The van der Waals surface area contributed by atoms with Gasteiger partial charge in [-0.05, 0) is 60.7 Å². The molecule has 2 saturated carbocycles. The summed E-state index contributed by atoms with van der Waals surface area (Å²) in [7, 11) is 1.28. The van der Waals surface area contributed by atoms with Crippen LogP contribution >= 0.6 is 8.58 Å². The summed E-state index contributed by atoms with van der Waals surface area (Å²) < 4.78 is 0. The van der Waals surface area contributed by atoms with Crippen LogP contribution in [0.4, 0.5) is 0 Å². The van der Waals surface area contributed by atoms with Gasteiger partial charge in [-0.3, -0.25) is 0 Å². The Morgan fingerprint density at radius 1 is 0.880 bits per heavy atom. The van der Waals surface area contributed by atoms with Crippen LogP contribution in [0, 0.1) is 23.7 Å². The molecule has 6 atom stereocenters. The summed E-state index contributed by atoms with van der Waals surface area (Å²) in [5, 5.41) is 0. The van der Waals surface area contributed by atoms with Crippen molar-refractivity contribution >= 4 is 8.58 Å². The van der Waals surface area contributed by atoms with Crippen molar-refractivity contribution in [1.29, 1.82) is 0 Å². The van der Waals surface area contributed by atoms with Gasteiger partial charge in [0.2, 0.25) is 0 Å². The predicted molar refractivity (Wildman–Crippen MR) is 123 cm³/mol. The molecule has 2 aliphatic carbocycles. The molecule has 3 unspecified atom stereocenters. The largest absolute Gasteiger partial charge is 0.115 e. The van der Waals surface area contributed by atoms with Crippen molar-refractivity contribution in [2.75, 3.05) is 0 Å². The van der Waals surface area contributed by atoms with E-state index in [0.29, 0.717) is 0 Å². The average molecular weight is 371 g/mol. The SMILES string of the molecule is C=C.CC.CC(C)[C@@H]1CC[C@@H](C)CC1PC1CCC[C@H](C)C1.CCC. The van der Waals surface area contributed by atoms with Crippen LogP contribution in [0.25, 0.3) is 0 Å². The first-order chi connectivity index (χ1) is 12.0. The molecule has 2 rings (SSSR count). The van der Waals surface area contributed by atoms with Crippen LogP contribution in [0.1, 0.15) is 107 Å². The van der Waals surface area contributed by atoms with Gasteiger partial charge >= 0.3 is 0 Å². The van der Waals surface area contributed by atoms with Gasteiger partial charge in [0.15, 0.2) is 0 Å². The van der Waals surface area contributed by atoms with E-state index in [9.17, 15) is 0 Å². The van der Waals surface area contributed by atoms with Crippen molar-refractivity contribution in [3.8, 4) is 0 Å². The zero-order valence-corrected chi connectivity index (χ0v) is 20.0. The van der Waals surface area contributed by atoms with Crippen molar-refractivity contribution in [2.45, 2.75) is 118 Å². The molecule has 0 aromatic carbocycles. The highest BCUT2D eigenvalue weighted by molar-refractivity contribution is 7.39. The van der Waals surface area contributed by atoms with Crippen LogP contribution in [-0.2, 0) is 0 Å². The number of rotatable bonds is 3. The summed E-state index contributed by atoms with van der Waals surface area (Å²) in [6, 6.07) is 0. The summed E-state index contributed by atoms with van der Waals surface area (Å²) in [5.74, 6) is 3.96. The van der Waals surface area contributed by atoms with Gasteiger partial charge in [-0.2, -0.15) is 0 Å². The Labute approximate surface area is 163 Å². The average Bonchev–Trinajstić information content (AvgIpc) is 2.59. The molecule has 0 aromatic rings. The van der Waals surface area contributed by atoms with Crippen LogP contribution in [0.5, 0.6) is 0 Å². The molecule has 0 amide bonds. The maximum absolute atomic E-state index is 3.00. The van der Waals surface area contributed by atoms with Crippen molar-refractivity contribution < 1.29 is 0 Å². The van der Waals surface area contributed by atoms with E-state index in [2.05, 4.69) is 54.7 Å². The minimum absolute atomic E-state index is 0.913. The van der Waals surface area contributed by atoms with Crippen molar-refractivity contribution in [2.24, 2.45) is 23.7 Å². The molecule has 152 valence electrons. The minimum Gasteiger partial charge on any atom is -0.115 e. The molecule has 2 aliphatic rings. The fourth-order valence-electron chi connectivity index (χ4n) is 4.28. The Kier molecular flexibility index (Phi) is 19.3. The Bertz CT molecular complexity index is 273. The molecule has 2 fully saturated rings. The first-order valence-electron chi connectivity index (χ1n) is 11.2. The third-order valence-corrected chi connectivity index (χ3v) is 7.50. The van der Waals surface area contributed by atoms with Gasteiger partial charge in [-0.1, -0.05) is 81.1 Å². The highest BCUT2D eigenvalue weighted by Gasteiger charge is 2.33. The molecular weight excluding hydrogens is 319 g/mol. The first kappa shape index (κ1) is 27.4. The van der Waals surface area contributed by atoms with Gasteiger partial charge in [0.1, 0.15) is 0 Å². The lowest BCUT2D eigenvalue weighted by Crippen LogP contribution is -2.31. The van der Waals surface area contributed by atoms with Crippen molar-refractivity contribution in [3.05, 3.63) is 13.2 Å². The molecule has 0 N–H and O–H groups in total. The van der Waals surface area contributed by atoms with Gasteiger partial charge in [-0.25, -0.2) is 0 Å². The van der Waals surface area contributed by atoms with E-state index in [4.69, 9.17) is 0 Å². The monoisotopic (exact) mass is 370 g/mol. The second-order valence-electron chi connectivity index (χ2n) is 8.28. The molecule has 0 aliphatic heterocycles. The van der Waals surface area contributed by atoms with Crippen molar-refractivity contribution in [3.63, 3.8) is 0 Å². The topological polar surface area (TPSA) is 0 Å². The van der Waals surface area contributed by atoms with Gasteiger partial charge < -0.3 is 0 Å².